The second-order valence-corrected chi connectivity index (χ2v) is 6.05. The number of fused-ring (bicyclic) bond motifs is 1. The summed E-state index contributed by atoms with van der Waals surface area (Å²) >= 11 is 0. The first-order valence-corrected chi connectivity index (χ1v) is 8.18. The lowest BCUT2D eigenvalue weighted by molar-refractivity contribution is 0.0468. The maximum Gasteiger partial charge on any atom is 0.255 e. The molecule has 1 aliphatic heterocycles. The molecule has 25 heavy (non-hydrogen) atoms. The van der Waals surface area contributed by atoms with Gasteiger partial charge in [0.05, 0.1) is 23.5 Å². The van der Waals surface area contributed by atoms with Gasteiger partial charge in [0.15, 0.2) is 5.82 Å². The van der Waals surface area contributed by atoms with Crippen LogP contribution in [0.3, 0.4) is 0 Å². The lowest BCUT2D eigenvalue weighted by Crippen LogP contribution is -2.36. The average molecular weight is 342 g/mol. The molecule has 1 saturated heterocycles. The first-order chi connectivity index (χ1) is 12.2. The number of hydrogen-bond acceptors (Lipinski definition) is 7. The highest BCUT2D eigenvalue weighted by molar-refractivity contribution is 6.00. The molecule has 1 N–H and O–H groups in total. The number of ether oxygens (including phenoxy) is 1. The quantitative estimate of drug-likeness (QED) is 0.762. The zero-order valence-electron chi connectivity index (χ0n) is 13.8. The summed E-state index contributed by atoms with van der Waals surface area (Å²) in [6.45, 7) is 3.07. The van der Waals surface area contributed by atoms with Gasteiger partial charge in [-0.05, 0) is 25.7 Å². The molecule has 130 valence electrons. The third-order valence-corrected chi connectivity index (χ3v) is 4.40. The molecule has 0 radical (unpaired) electrons. The van der Waals surface area contributed by atoms with E-state index in [2.05, 4.69) is 25.5 Å². The van der Waals surface area contributed by atoms with E-state index in [9.17, 15) is 4.79 Å². The minimum atomic E-state index is -0.357. The number of rotatable bonds is 4. The molecule has 1 fully saturated rings. The second-order valence-electron chi connectivity index (χ2n) is 6.05. The van der Waals surface area contributed by atoms with Crippen LogP contribution in [0.1, 0.15) is 41.0 Å². The zero-order chi connectivity index (χ0) is 17.2. The van der Waals surface area contributed by atoms with E-state index in [0.29, 0.717) is 36.0 Å². The summed E-state index contributed by atoms with van der Waals surface area (Å²) < 4.78 is 12.4. The van der Waals surface area contributed by atoms with Crippen LogP contribution in [0, 0.1) is 12.8 Å². The van der Waals surface area contributed by atoms with E-state index in [1.807, 2.05) is 0 Å². The zero-order valence-corrected chi connectivity index (χ0v) is 13.8. The van der Waals surface area contributed by atoms with Crippen molar-refractivity contribution in [3.8, 4) is 0 Å². The summed E-state index contributed by atoms with van der Waals surface area (Å²) in [5.74, 6) is 0.904. The van der Waals surface area contributed by atoms with Gasteiger partial charge in [-0.2, -0.15) is 10.1 Å². The predicted octanol–water partition coefficient (Wildman–Crippen LogP) is 1.32. The molecule has 3 aromatic rings. The Morgan fingerprint density at radius 1 is 1.36 bits per heavy atom. The smallest absolute Gasteiger partial charge is 0.255 e. The predicted molar refractivity (Wildman–Crippen MR) is 85.8 cm³/mol. The Hall–Kier alpha value is -2.81. The fourth-order valence-electron chi connectivity index (χ4n) is 3.10. The first kappa shape index (κ1) is 15.7. The van der Waals surface area contributed by atoms with E-state index in [-0.39, 0.29) is 17.9 Å². The Labute approximate surface area is 143 Å². The SMILES string of the molecule is Cc1noc(C(NC(=O)c2cnn3ccncc23)C2CCOCC2)n1. The molecule has 0 bridgehead atoms. The van der Waals surface area contributed by atoms with E-state index in [1.165, 1.54) is 6.20 Å². The van der Waals surface area contributed by atoms with Gasteiger partial charge in [-0.1, -0.05) is 5.16 Å². The lowest BCUT2D eigenvalue weighted by atomic mass is 9.91. The van der Waals surface area contributed by atoms with E-state index in [0.717, 1.165) is 12.8 Å². The summed E-state index contributed by atoms with van der Waals surface area (Å²) in [5, 5.41) is 11.1. The summed E-state index contributed by atoms with van der Waals surface area (Å²) in [6, 6.07) is -0.357. The van der Waals surface area contributed by atoms with Crippen molar-refractivity contribution in [2.24, 2.45) is 5.92 Å². The lowest BCUT2D eigenvalue weighted by Gasteiger charge is -2.28. The number of nitrogens with one attached hydrogen (secondary N) is 1. The second kappa shape index (κ2) is 6.60. The van der Waals surface area contributed by atoms with Crippen LogP contribution in [0.15, 0.2) is 29.3 Å². The molecule has 9 nitrogen and oxygen atoms in total. The van der Waals surface area contributed by atoms with Gasteiger partial charge in [0.25, 0.3) is 5.91 Å². The molecule has 3 aromatic heterocycles. The van der Waals surface area contributed by atoms with Gasteiger partial charge in [-0.15, -0.1) is 0 Å². The van der Waals surface area contributed by atoms with Crippen molar-refractivity contribution in [3.05, 3.63) is 42.1 Å². The molecule has 1 amide bonds. The molecule has 4 rings (SSSR count). The van der Waals surface area contributed by atoms with Gasteiger partial charge in [-0.25, -0.2) is 4.52 Å². The van der Waals surface area contributed by atoms with E-state index >= 15 is 0 Å². The molecular formula is C16H18N6O3. The van der Waals surface area contributed by atoms with E-state index in [1.54, 1.807) is 30.0 Å². The van der Waals surface area contributed by atoms with Gasteiger partial charge in [0.1, 0.15) is 6.04 Å². The third kappa shape index (κ3) is 3.10. The summed E-state index contributed by atoms with van der Waals surface area (Å²) in [6.07, 6.45) is 8.11. The van der Waals surface area contributed by atoms with Crippen molar-refractivity contribution in [1.82, 2.24) is 30.1 Å². The molecule has 0 aromatic carbocycles. The summed E-state index contributed by atoms with van der Waals surface area (Å²) in [7, 11) is 0. The Morgan fingerprint density at radius 3 is 2.96 bits per heavy atom. The largest absolute Gasteiger partial charge is 0.381 e. The van der Waals surface area contributed by atoms with Gasteiger partial charge >= 0.3 is 0 Å². The van der Waals surface area contributed by atoms with Crippen molar-refractivity contribution in [3.63, 3.8) is 0 Å². The van der Waals surface area contributed by atoms with Crippen LogP contribution in [0.25, 0.3) is 5.52 Å². The van der Waals surface area contributed by atoms with Crippen LogP contribution in [0.2, 0.25) is 0 Å². The number of aromatic nitrogens is 5. The Bertz CT molecular complexity index is 883. The number of carbonyl (C=O) groups is 1. The maximum absolute atomic E-state index is 12.8. The Kier molecular flexibility index (Phi) is 4.14. The molecule has 9 heteroatoms. The molecule has 0 saturated carbocycles. The van der Waals surface area contributed by atoms with Gasteiger partial charge in [-0.3, -0.25) is 9.78 Å². The summed E-state index contributed by atoms with van der Waals surface area (Å²) in [5.41, 5.74) is 1.11. The normalized spacial score (nSPS) is 16.8. The van der Waals surface area contributed by atoms with Crippen LogP contribution < -0.4 is 5.32 Å². The van der Waals surface area contributed by atoms with Crippen LogP contribution in [0.5, 0.6) is 0 Å². The first-order valence-electron chi connectivity index (χ1n) is 8.18. The topological polar surface area (TPSA) is 107 Å². The Morgan fingerprint density at radius 2 is 2.20 bits per heavy atom. The standard InChI is InChI=1S/C16H18N6O3/c1-10-19-16(25-21-10)14(11-2-6-24-7-3-11)20-15(23)12-8-18-22-5-4-17-9-13(12)22/h4-5,8-9,11,14H,2-3,6-7H2,1H3,(H,20,23). The highest BCUT2D eigenvalue weighted by Gasteiger charge is 2.32. The van der Waals surface area contributed by atoms with Crippen molar-refractivity contribution in [2.45, 2.75) is 25.8 Å². The fraction of sp³-hybridized carbons (Fsp3) is 0.438. The molecule has 1 atom stereocenters. The number of amides is 1. The van der Waals surface area contributed by atoms with Crippen LogP contribution in [0.4, 0.5) is 0 Å². The average Bonchev–Trinajstić information content (AvgIpc) is 3.26. The molecule has 1 unspecified atom stereocenters. The third-order valence-electron chi connectivity index (χ3n) is 4.40. The van der Waals surface area contributed by atoms with Crippen LogP contribution in [-0.4, -0.2) is 43.9 Å². The van der Waals surface area contributed by atoms with Crippen molar-refractivity contribution >= 4 is 11.4 Å². The number of nitrogens with zero attached hydrogens (tertiary/aromatic N) is 5. The molecular weight excluding hydrogens is 324 g/mol. The number of carbonyl (C=O) groups excluding carboxylic acids is 1. The van der Waals surface area contributed by atoms with Gasteiger partial charge in [0.2, 0.25) is 5.89 Å². The summed E-state index contributed by atoms with van der Waals surface area (Å²) in [4.78, 5) is 21.2. The van der Waals surface area contributed by atoms with Crippen molar-refractivity contribution in [2.75, 3.05) is 13.2 Å². The van der Waals surface area contributed by atoms with Crippen LogP contribution >= 0.6 is 0 Å². The fourth-order valence-corrected chi connectivity index (χ4v) is 3.10. The van der Waals surface area contributed by atoms with Crippen LogP contribution in [-0.2, 0) is 4.74 Å². The number of hydrogen-bond donors (Lipinski definition) is 1. The Balaban J connectivity index is 1.62. The molecule has 4 heterocycles. The van der Waals surface area contributed by atoms with E-state index in [4.69, 9.17) is 9.26 Å². The highest BCUT2D eigenvalue weighted by atomic mass is 16.5. The van der Waals surface area contributed by atoms with E-state index < -0.39 is 0 Å². The maximum atomic E-state index is 12.8. The minimum absolute atomic E-state index is 0.178. The van der Waals surface area contributed by atoms with Crippen molar-refractivity contribution in [1.29, 1.82) is 0 Å². The molecule has 0 aliphatic carbocycles. The van der Waals surface area contributed by atoms with Gasteiger partial charge < -0.3 is 14.6 Å². The molecule has 1 aliphatic rings. The number of aryl methyl sites for hydroxylation is 1. The highest BCUT2D eigenvalue weighted by Crippen LogP contribution is 2.29. The minimum Gasteiger partial charge on any atom is -0.381 e. The van der Waals surface area contributed by atoms with Crippen molar-refractivity contribution < 1.29 is 14.1 Å². The monoisotopic (exact) mass is 342 g/mol. The van der Waals surface area contributed by atoms with Gasteiger partial charge in [0, 0.05) is 25.6 Å². The molecule has 0 spiro atoms.